The van der Waals surface area contributed by atoms with Crippen molar-refractivity contribution in [3.05, 3.63) is 0 Å². The fourth-order valence-corrected chi connectivity index (χ4v) is 8.81. The number of carbonyl (C=O) groups excluding carboxylic acids is 10. The summed E-state index contributed by atoms with van der Waals surface area (Å²) in [5, 5.41) is 59.0. The van der Waals surface area contributed by atoms with E-state index in [-0.39, 0.29) is 90.0 Å². The summed E-state index contributed by atoms with van der Waals surface area (Å²) in [6, 6.07) is -14.8. The van der Waals surface area contributed by atoms with Crippen molar-refractivity contribution in [2.24, 2.45) is 51.0 Å². The fraction of sp³-hybridized carbons (Fsp3) is 0.745. The van der Waals surface area contributed by atoms with Crippen LogP contribution in [0.2, 0.25) is 0 Å². The molecule has 84 heavy (non-hydrogen) atoms. The van der Waals surface area contributed by atoms with Gasteiger partial charge in [-0.3, -0.25) is 57.7 Å². The van der Waals surface area contributed by atoms with E-state index in [4.69, 9.17) is 40.1 Å². The standard InChI is InChI=1S/C51H93N17O16/c1-4-27(2)39(47(80)64-34(18-19-37(56)71)44(77)61-30(13-5-8-20-52)41(74)60-31(14-6-9-21-53)43(76)65-35(26-69)50(83)84)66-48(81)40(28(3)70)67-45(78)33(16-11-23-59-51(57)58)62-42(75)32(15-7-10-22-54)63-46(79)36-17-12-24-68(36)49(82)29(55)25-38(72)73/h27-36,39-40,69-70H,4-26,52-55H2,1-3H3,(H2,56,71)(H,60,74)(H,61,77)(H,62,75)(H,63,79)(H,64,80)(H,65,76)(H,66,81)(H,67,78)(H,72,73)(H,83,84)(H4,57,58,59)/t27-,28+,29-,30-,31-,32-,33-,34-,35-,36-,39-,40-/m0/s1. The number of aliphatic imine (C=N–C) groups is 1. The third-order valence-electron chi connectivity index (χ3n) is 13.8. The molecule has 0 aromatic heterocycles. The van der Waals surface area contributed by atoms with E-state index in [2.05, 4.69) is 47.5 Å². The van der Waals surface area contributed by atoms with E-state index in [1.54, 1.807) is 13.8 Å². The smallest absolute Gasteiger partial charge is 0.328 e. The summed E-state index contributed by atoms with van der Waals surface area (Å²) < 4.78 is 0. The number of nitrogens with two attached hydrogens (primary N) is 7. The number of primary amides is 1. The lowest BCUT2D eigenvalue weighted by molar-refractivity contribution is -0.144. The summed E-state index contributed by atoms with van der Waals surface area (Å²) in [5.74, 6) is -13.1. The topological polar surface area (TPSA) is 580 Å². The normalized spacial score (nSPS) is 16.9. The molecular weight excluding hydrogens is 1110 g/mol. The minimum absolute atomic E-state index is 0.00490. The zero-order valence-electron chi connectivity index (χ0n) is 48.3. The molecular formula is C51H93N17O16. The molecule has 0 saturated carbocycles. The van der Waals surface area contributed by atoms with Crippen molar-refractivity contribution in [2.45, 2.75) is 196 Å². The Hall–Kier alpha value is -7.33. The lowest BCUT2D eigenvalue weighted by atomic mass is 9.96. The van der Waals surface area contributed by atoms with Gasteiger partial charge in [0.15, 0.2) is 5.96 Å². The molecule has 0 bridgehead atoms. The van der Waals surface area contributed by atoms with Gasteiger partial charge in [-0.1, -0.05) is 20.3 Å². The molecule has 33 nitrogen and oxygen atoms in total. The van der Waals surface area contributed by atoms with Crippen LogP contribution in [0.25, 0.3) is 0 Å². The lowest BCUT2D eigenvalue weighted by Crippen LogP contribution is -2.62. The van der Waals surface area contributed by atoms with Crippen LogP contribution in [0, 0.1) is 5.92 Å². The number of guanidine groups is 1. The van der Waals surface area contributed by atoms with Crippen molar-refractivity contribution < 1.29 is 78.0 Å². The van der Waals surface area contributed by atoms with Crippen molar-refractivity contribution in [3.8, 4) is 0 Å². The molecule has 1 saturated heterocycles. The number of carboxylic acids is 2. The molecule has 12 atom stereocenters. The van der Waals surface area contributed by atoms with Crippen LogP contribution in [-0.4, -0.2) is 208 Å². The highest BCUT2D eigenvalue weighted by atomic mass is 16.4. The first-order valence-electron chi connectivity index (χ1n) is 28.3. The van der Waals surface area contributed by atoms with Crippen molar-refractivity contribution in [3.63, 3.8) is 0 Å². The Morgan fingerprint density at radius 2 is 0.988 bits per heavy atom. The number of likely N-dealkylation sites (tertiary alicyclic amines) is 1. The highest BCUT2D eigenvalue weighted by Gasteiger charge is 2.40. The number of amides is 10. The number of aliphatic hydroxyl groups is 2. The molecule has 1 fully saturated rings. The summed E-state index contributed by atoms with van der Waals surface area (Å²) in [4.78, 5) is 165. The molecule has 478 valence electrons. The van der Waals surface area contributed by atoms with E-state index < -0.39 is 169 Å². The molecule has 0 aromatic carbocycles. The molecule has 10 amide bonds. The highest BCUT2D eigenvalue weighted by Crippen LogP contribution is 2.20. The van der Waals surface area contributed by atoms with E-state index in [1.807, 2.05) is 0 Å². The Morgan fingerprint density at radius 3 is 1.40 bits per heavy atom. The molecule has 1 rings (SSSR count). The second-order valence-electron chi connectivity index (χ2n) is 20.7. The van der Waals surface area contributed by atoms with Gasteiger partial charge in [-0.15, -0.1) is 0 Å². The predicted molar refractivity (Wildman–Crippen MR) is 303 cm³/mol. The SMILES string of the molecule is CC[C@H](C)[C@H](NC(=O)[C@@H](NC(=O)[C@H](CCCN=C(N)N)NC(=O)[C@H](CCCCN)NC(=O)[C@@H]1CCCN1C(=O)[C@@H](N)CC(=O)O)[C@@H](C)O)C(=O)N[C@@H](CCC(N)=O)C(=O)N[C@@H](CCCCN)C(=O)N[C@@H](CCCCN)C(=O)N[C@@H](CO)C(=O)O. The number of hydrogen-bond donors (Lipinski definition) is 19. The summed E-state index contributed by atoms with van der Waals surface area (Å²) in [7, 11) is 0. The van der Waals surface area contributed by atoms with Crippen LogP contribution in [-0.2, 0) is 57.5 Å². The summed E-state index contributed by atoms with van der Waals surface area (Å²) in [5.41, 5.74) is 39.3. The van der Waals surface area contributed by atoms with E-state index in [1.165, 1.54) is 0 Å². The quantitative estimate of drug-likeness (QED) is 0.0153. The Kier molecular flexibility index (Phi) is 35.6. The number of aliphatic hydroxyl groups excluding tert-OH is 2. The number of carbonyl (C=O) groups is 12. The number of carboxylic acid groups (broad SMARTS) is 2. The van der Waals surface area contributed by atoms with Crippen LogP contribution in [0.3, 0.4) is 0 Å². The fourth-order valence-electron chi connectivity index (χ4n) is 8.81. The third-order valence-corrected chi connectivity index (χ3v) is 13.8. The van der Waals surface area contributed by atoms with Gasteiger partial charge in [-0.05, 0) is 122 Å². The first kappa shape index (κ1) is 74.7. The summed E-state index contributed by atoms with van der Waals surface area (Å²) in [6.07, 6.45) is -0.555. The zero-order chi connectivity index (χ0) is 63.6. The van der Waals surface area contributed by atoms with Crippen molar-refractivity contribution >= 4 is 77.0 Å². The summed E-state index contributed by atoms with van der Waals surface area (Å²) in [6.45, 7) is 4.15. The highest BCUT2D eigenvalue weighted by molar-refractivity contribution is 5.99. The van der Waals surface area contributed by atoms with Gasteiger partial charge in [-0.25, -0.2) is 4.79 Å². The number of hydrogen-bond acceptors (Lipinski definition) is 19. The van der Waals surface area contributed by atoms with Crippen LogP contribution < -0.4 is 82.7 Å². The van der Waals surface area contributed by atoms with Gasteiger partial charge in [0.25, 0.3) is 0 Å². The minimum atomic E-state index is -1.82. The predicted octanol–water partition coefficient (Wildman–Crippen LogP) is -7.13. The lowest BCUT2D eigenvalue weighted by Gasteiger charge is -2.30. The first-order valence-corrected chi connectivity index (χ1v) is 28.3. The molecule has 1 heterocycles. The molecule has 26 N–H and O–H groups in total. The minimum Gasteiger partial charge on any atom is -0.481 e. The van der Waals surface area contributed by atoms with Gasteiger partial charge in [0.05, 0.1) is 25.2 Å². The zero-order valence-corrected chi connectivity index (χ0v) is 48.3. The van der Waals surface area contributed by atoms with Gasteiger partial charge in [0.2, 0.25) is 59.1 Å². The van der Waals surface area contributed by atoms with Crippen LogP contribution in [0.4, 0.5) is 0 Å². The summed E-state index contributed by atoms with van der Waals surface area (Å²) >= 11 is 0. The van der Waals surface area contributed by atoms with Gasteiger partial charge in [0.1, 0.15) is 54.4 Å². The number of nitrogens with one attached hydrogen (secondary N) is 8. The molecule has 0 aliphatic carbocycles. The average Bonchev–Trinajstić information content (AvgIpc) is 3.73. The van der Waals surface area contributed by atoms with Crippen LogP contribution >= 0.6 is 0 Å². The van der Waals surface area contributed by atoms with E-state index in [0.29, 0.717) is 38.5 Å². The maximum Gasteiger partial charge on any atom is 0.328 e. The second kappa shape index (κ2) is 40.0. The van der Waals surface area contributed by atoms with Gasteiger partial charge < -0.3 is 108 Å². The number of nitrogens with zero attached hydrogens (tertiary/aromatic N) is 2. The maximum absolute atomic E-state index is 14.3. The molecule has 0 spiro atoms. The second-order valence-corrected chi connectivity index (χ2v) is 20.7. The van der Waals surface area contributed by atoms with Crippen molar-refractivity contribution in [2.75, 3.05) is 39.3 Å². The van der Waals surface area contributed by atoms with E-state index >= 15 is 0 Å². The Balaban J connectivity index is 3.58. The van der Waals surface area contributed by atoms with E-state index in [0.717, 1.165) is 11.8 Å². The Labute approximate surface area is 488 Å². The van der Waals surface area contributed by atoms with Crippen LogP contribution in [0.1, 0.15) is 130 Å². The molecule has 1 aliphatic rings. The molecule has 0 unspecified atom stereocenters. The van der Waals surface area contributed by atoms with Gasteiger partial charge >= 0.3 is 11.9 Å². The monoisotopic (exact) mass is 1200 g/mol. The average molecular weight is 1200 g/mol. The molecule has 33 heteroatoms. The molecule has 0 aromatic rings. The van der Waals surface area contributed by atoms with E-state index in [9.17, 15) is 78.0 Å². The Morgan fingerprint density at radius 1 is 0.571 bits per heavy atom. The van der Waals surface area contributed by atoms with Gasteiger partial charge in [0, 0.05) is 19.5 Å². The third kappa shape index (κ3) is 27.4. The van der Waals surface area contributed by atoms with Crippen LogP contribution in [0.5, 0.6) is 0 Å². The first-order chi connectivity index (χ1) is 39.7. The molecule has 1 aliphatic heterocycles. The number of unbranched alkanes of at least 4 members (excludes halogenated alkanes) is 3. The number of aliphatic carboxylic acids is 2. The van der Waals surface area contributed by atoms with Crippen molar-refractivity contribution in [1.29, 1.82) is 0 Å². The maximum atomic E-state index is 14.3. The van der Waals surface area contributed by atoms with Crippen molar-refractivity contribution in [1.82, 2.24) is 47.4 Å². The Bertz CT molecular complexity index is 2220. The molecule has 0 radical (unpaired) electrons. The number of rotatable bonds is 43. The van der Waals surface area contributed by atoms with Crippen LogP contribution in [0.15, 0.2) is 4.99 Å². The van der Waals surface area contributed by atoms with Gasteiger partial charge in [-0.2, -0.15) is 0 Å². The largest absolute Gasteiger partial charge is 0.481 e.